The van der Waals surface area contributed by atoms with Gasteiger partial charge in [0, 0.05) is 24.6 Å². The lowest BCUT2D eigenvalue weighted by molar-refractivity contribution is 0.378. The van der Waals surface area contributed by atoms with Crippen LogP contribution in [0.4, 0.5) is 0 Å². The highest BCUT2D eigenvalue weighted by Gasteiger charge is 2.27. The summed E-state index contributed by atoms with van der Waals surface area (Å²) in [7, 11) is -6.35. The summed E-state index contributed by atoms with van der Waals surface area (Å²) in [5.74, 6) is 0.184. The number of hydrogen-bond acceptors (Lipinski definition) is 5. The quantitative estimate of drug-likeness (QED) is 0.689. The van der Waals surface area contributed by atoms with E-state index in [9.17, 15) is 16.8 Å². The molecule has 3 N–H and O–H groups in total. The Morgan fingerprint density at radius 2 is 1.88 bits per heavy atom. The van der Waals surface area contributed by atoms with Crippen molar-refractivity contribution < 1.29 is 16.8 Å². The fraction of sp³-hybridized carbons (Fsp3) is 1.00. The van der Waals surface area contributed by atoms with Crippen molar-refractivity contribution in [3.63, 3.8) is 0 Å². The van der Waals surface area contributed by atoms with E-state index in [4.69, 9.17) is 5.14 Å². The Hall–Kier alpha value is -0.180. The summed E-state index contributed by atoms with van der Waals surface area (Å²) in [6, 6.07) is 0.203. The van der Waals surface area contributed by atoms with Gasteiger partial charge in [0.2, 0.25) is 10.0 Å². The van der Waals surface area contributed by atoms with E-state index >= 15 is 0 Å². The van der Waals surface area contributed by atoms with Crippen molar-refractivity contribution in [2.75, 3.05) is 18.6 Å². The molecule has 0 aliphatic carbocycles. The second-order valence-corrected chi connectivity index (χ2v) is 8.77. The third kappa shape index (κ3) is 5.80. The van der Waals surface area contributed by atoms with Crippen molar-refractivity contribution in [2.45, 2.75) is 37.0 Å². The Bertz CT molecular complexity index is 433. The molecule has 0 radical (unpaired) electrons. The molecular weight excluding hydrogens is 264 g/mol. The minimum atomic E-state index is -3.45. The van der Waals surface area contributed by atoms with Crippen LogP contribution >= 0.6 is 0 Å². The summed E-state index contributed by atoms with van der Waals surface area (Å²) in [6.07, 6.45) is 3.86. The van der Waals surface area contributed by atoms with E-state index < -0.39 is 25.1 Å². The van der Waals surface area contributed by atoms with Gasteiger partial charge in [0.1, 0.15) is 9.84 Å². The fourth-order valence-corrected chi connectivity index (χ4v) is 3.49. The molecule has 2 atom stereocenters. The van der Waals surface area contributed by atoms with Crippen LogP contribution in [0.2, 0.25) is 0 Å². The molecule has 0 bridgehead atoms. The Kier molecular flexibility index (Phi) is 4.94. The Morgan fingerprint density at radius 1 is 1.24 bits per heavy atom. The highest BCUT2D eigenvalue weighted by Crippen LogP contribution is 2.16. The van der Waals surface area contributed by atoms with E-state index in [1.54, 1.807) is 0 Å². The zero-order valence-electron chi connectivity index (χ0n) is 9.92. The van der Waals surface area contributed by atoms with Crippen molar-refractivity contribution in [1.82, 2.24) is 5.32 Å². The monoisotopic (exact) mass is 284 g/mol. The van der Waals surface area contributed by atoms with Crippen LogP contribution in [0.25, 0.3) is 0 Å². The van der Waals surface area contributed by atoms with Gasteiger partial charge in [-0.1, -0.05) is 0 Å². The minimum absolute atomic E-state index is 0.184. The van der Waals surface area contributed by atoms with Gasteiger partial charge in [0.05, 0.1) is 5.25 Å². The predicted molar refractivity (Wildman–Crippen MR) is 66.9 cm³/mol. The second-order valence-electron chi connectivity index (χ2n) is 4.67. The van der Waals surface area contributed by atoms with Crippen LogP contribution in [0.3, 0.4) is 0 Å². The number of hydrogen-bond donors (Lipinski definition) is 2. The van der Waals surface area contributed by atoms with Crippen molar-refractivity contribution in [1.29, 1.82) is 0 Å². The molecule has 0 aromatic rings. The maximum Gasteiger partial charge on any atom is 0.213 e. The van der Waals surface area contributed by atoms with Gasteiger partial charge in [-0.05, 0) is 25.7 Å². The van der Waals surface area contributed by atoms with Crippen LogP contribution in [0.1, 0.15) is 25.7 Å². The largest absolute Gasteiger partial charge is 0.313 e. The maximum absolute atomic E-state index is 11.1. The first-order valence-corrected chi connectivity index (χ1v) is 9.28. The molecule has 1 aliphatic rings. The molecule has 1 rings (SSSR count). The number of sulfonamides is 1. The number of rotatable bonds is 5. The van der Waals surface area contributed by atoms with Crippen LogP contribution in [-0.2, 0) is 19.9 Å². The molecule has 102 valence electrons. The number of sulfone groups is 1. The zero-order valence-corrected chi connectivity index (χ0v) is 11.6. The van der Waals surface area contributed by atoms with Crippen LogP contribution in [0.5, 0.6) is 0 Å². The van der Waals surface area contributed by atoms with E-state index in [1.807, 2.05) is 0 Å². The molecule has 0 saturated carbocycles. The van der Waals surface area contributed by atoms with Gasteiger partial charge in [0.15, 0.2) is 0 Å². The predicted octanol–water partition coefficient (Wildman–Crippen LogP) is -0.780. The molecular formula is C9H20N2O4S2. The van der Waals surface area contributed by atoms with Crippen LogP contribution in [0, 0.1) is 0 Å². The fourth-order valence-electron chi connectivity index (χ4n) is 2.01. The molecule has 6 nitrogen and oxygen atoms in total. The Morgan fingerprint density at radius 3 is 2.29 bits per heavy atom. The molecule has 0 amide bonds. The smallest absolute Gasteiger partial charge is 0.213 e. The topological polar surface area (TPSA) is 106 Å². The van der Waals surface area contributed by atoms with Crippen LogP contribution in [-0.4, -0.2) is 46.7 Å². The lowest BCUT2D eigenvalue weighted by atomic mass is 10.0. The molecule has 17 heavy (non-hydrogen) atoms. The molecule has 2 unspecified atom stereocenters. The lowest BCUT2D eigenvalue weighted by Gasteiger charge is -2.28. The second kappa shape index (κ2) is 5.64. The van der Waals surface area contributed by atoms with Crippen molar-refractivity contribution in [3.8, 4) is 0 Å². The number of nitrogens with two attached hydrogens (primary N) is 1. The van der Waals surface area contributed by atoms with Gasteiger partial charge in [-0.25, -0.2) is 22.0 Å². The third-order valence-electron chi connectivity index (χ3n) is 3.00. The SMILES string of the molecule is CS(=O)(=O)CCCC1CCC(S(N)(=O)=O)CN1. The molecule has 1 heterocycles. The summed E-state index contributed by atoms with van der Waals surface area (Å²) in [4.78, 5) is 0. The number of primary sulfonamides is 1. The zero-order chi connectivity index (χ0) is 13.1. The highest BCUT2D eigenvalue weighted by molar-refractivity contribution is 7.90. The average molecular weight is 284 g/mol. The summed E-state index contributed by atoms with van der Waals surface area (Å²) < 4.78 is 44.1. The van der Waals surface area contributed by atoms with Gasteiger partial charge in [-0.15, -0.1) is 0 Å². The summed E-state index contributed by atoms with van der Waals surface area (Å²) >= 11 is 0. The lowest BCUT2D eigenvalue weighted by Crippen LogP contribution is -2.46. The molecule has 0 spiro atoms. The van der Waals surface area contributed by atoms with Gasteiger partial charge in [-0.3, -0.25) is 0 Å². The summed E-state index contributed by atoms with van der Waals surface area (Å²) in [5.41, 5.74) is 0. The number of piperidine rings is 1. The van der Waals surface area contributed by atoms with Crippen molar-refractivity contribution in [3.05, 3.63) is 0 Å². The molecule has 1 fully saturated rings. The third-order valence-corrected chi connectivity index (χ3v) is 5.37. The molecule has 0 aromatic carbocycles. The first-order chi connectivity index (χ1) is 7.68. The molecule has 8 heteroatoms. The van der Waals surface area contributed by atoms with E-state index in [2.05, 4.69) is 5.32 Å². The molecule has 1 aliphatic heterocycles. The maximum atomic E-state index is 11.1. The van der Waals surface area contributed by atoms with Crippen molar-refractivity contribution in [2.24, 2.45) is 5.14 Å². The van der Waals surface area contributed by atoms with E-state index in [-0.39, 0.29) is 11.8 Å². The van der Waals surface area contributed by atoms with E-state index in [0.717, 1.165) is 12.8 Å². The normalized spacial score (nSPS) is 26.9. The minimum Gasteiger partial charge on any atom is -0.313 e. The van der Waals surface area contributed by atoms with E-state index in [0.29, 0.717) is 19.4 Å². The van der Waals surface area contributed by atoms with Gasteiger partial charge < -0.3 is 5.32 Å². The first-order valence-electron chi connectivity index (χ1n) is 5.61. The Balaban J connectivity index is 2.29. The Labute approximate surface area is 103 Å². The molecule has 1 saturated heterocycles. The standard InChI is InChI=1S/C9H20N2O4S2/c1-16(12,13)6-2-3-8-4-5-9(7-11-8)17(10,14)15/h8-9,11H,2-7H2,1H3,(H2,10,14,15). The first kappa shape index (κ1) is 14.9. The van der Waals surface area contributed by atoms with E-state index in [1.165, 1.54) is 6.26 Å². The number of nitrogens with one attached hydrogen (secondary N) is 1. The van der Waals surface area contributed by atoms with Crippen LogP contribution < -0.4 is 10.5 Å². The van der Waals surface area contributed by atoms with Gasteiger partial charge >= 0.3 is 0 Å². The van der Waals surface area contributed by atoms with Crippen molar-refractivity contribution >= 4 is 19.9 Å². The van der Waals surface area contributed by atoms with Gasteiger partial charge in [0.25, 0.3) is 0 Å². The highest BCUT2D eigenvalue weighted by atomic mass is 32.2. The van der Waals surface area contributed by atoms with Crippen LogP contribution in [0.15, 0.2) is 0 Å². The van der Waals surface area contributed by atoms with Gasteiger partial charge in [-0.2, -0.15) is 0 Å². The summed E-state index contributed by atoms with van der Waals surface area (Å²) in [6.45, 7) is 0.363. The average Bonchev–Trinajstić information content (AvgIpc) is 2.15. The molecule has 0 aromatic heterocycles. The summed E-state index contributed by atoms with van der Waals surface area (Å²) in [5, 5.41) is 7.67.